The lowest BCUT2D eigenvalue weighted by atomic mass is 9.95. The topological polar surface area (TPSA) is 83.7 Å². The largest absolute Gasteiger partial charge is 0.340 e. The molecule has 2 rings (SSSR count). The van der Waals surface area contributed by atoms with Gasteiger partial charge in [-0.3, -0.25) is 4.79 Å². The highest BCUT2D eigenvalue weighted by atomic mass is 32.2. The second kappa shape index (κ2) is 7.63. The molecule has 0 saturated carbocycles. The van der Waals surface area contributed by atoms with E-state index in [4.69, 9.17) is 5.73 Å². The second-order valence-corrected chi connectivity index (χ2v) is 8.47. The van der Waals surface area contributed by atoms with E-state index in [1.54, 1.807) is 42.2 Å². The maximum atomic E-state index is 12.7. The van der Waals surface area contributed by atoms with Crippen molar-refractivity contribution in [1.29, 1.82) is 0 Å². The van der Waals surface area contributed by atoms with Gasteiger partial charge < -0.3 is 10.6 Å². The molecule has 1 amide bonds. The van der Waals surface area contributed by atoms with Crippen LogP contribution in [0.2, 0.25) is 0 Å². The molecule has 6 nitrogen and oxygen atoms in total. The number of sulfonamides is 1. The molecule has 0 spiro atoms. The van der Waals surface area contributed by atoms with Crippen LogP contribution in [0.4, 0.5) is 0 Å². The number of benzene rings is 1. The zero-order valence-corrected chi connectivity index (χ0v) is 15.3. The number of nitrogens with zero attached hydrogens (tertiary/aromatic N) is 2. The Bertz CT molecular complexity index is 659. The van der Waals surface area contributed by atoms with Gasteiger partial charge in [0, 0.05) is 26.2 Å². The standard InChI is InChI=1S/C17H27N3O3S/c1-3-10-17(2,18)16(21)19-11-7-12-20(14-13-19)24(22,23)15-8-5-4-6-9-15/h4-6,8-9H,3,7,10-14,18H2,1-2H3. The predicted molar refractivity (Wildman–Crippen MR) is 93.9 cm³/mol. The van der Waals surface area contributed by atoms with E-state index in [1.807, 2.05) is 6.92 Å². The highest BCUT2D eigenvalue weighted by Gasteiger charge is 2.34. The van der Waals surface area contributed by atoms with E-state index in [0.29, 0.717) is 43.9 Å². The first-order valence-electron chi connectivity index (χ1n) is 8.42. The van der Waals surface area contributed by atoms with E-state index in [0.717, 1.165) is 6.42 Å². The number of hydrogen-bond donors (Lipinski definition) is 1. The molecule has 0 radical (unpaired) electrons. The van der Waals surface area contributed by atoms with Crippen LogP contribution in [-0.2, 0) is 14.8 Å². The molecule has 1 fully saturated rings. The van der Waals surface area contributed by atoms with Crippen LogP contribution < -0.4 is 5.73 Å². The monoisotopic (exact) mass is 353 g/mol. The number of amides is 1. The first kappa shape index (κ1) is 18.9. The summed E-state index contributed by atoms with van der Waals surface area (Å²) in [5, 5.41) is 0. The first-order valence-corrected chi connectivity index (χ1v) is 9.86. The van der Waals surface area contributed by atoms with Crippen LogP contribution in [0.15, 0.2) is 35.2 Å². The third-order valence-corrected chi connectivity index (χ3v) is 6.29. The molecule has 24 heavy (non-hydrogen) atoms. The van der Waals surface area contributed by atoms with Crippen LogP contribution in [0.25, 0.3) is 0 Å². The van der Waals surface area contributed by atoms with Crippen molar-refractivity contribution in [2.24, 2.45) is 5.73 Å². The quantitative estimate of drug-likeness (QED) is 0.868. The molecule has 1 unspecified atom stereocenters. The molecule has 1 aromatic rings. The lowest BCUT2D eigenvalue weighted by Crippen LogP contribution is -2.54. The third kappa shape index (κ3) is 4.15. The van der Waals surface area contributed by atoms with Crippen LogP contribution >= 0.6 is 0 Å². The number of hydrogen-bond acceptors (Lipinski definition) is 4. The van der Waals surface area contributed by atoms with Crippen molar-refractivity contribution < 1.29 is 13.2 Å². The van der Waals surface area contributed by atoms with Gasteiger partial charge in [-0.05, 0) is 31.9 Å². The fourth-order valence-corrected chi connectivity index (χ4v) is 4.56. The number of carbonyl (C=O) groups is 1. The average Bonchev–Trinajstić information content (AvgIpc) is 2.81. The summed E-state index contributed by atoms with van der Waals surface area (Å²) in [7, 11) is -3.52. The minimum absolute atomic E-state index is 0.0942. The molecular formula is C17H27N3O3S. The summed E-state index contributed by atoms with van der Waals surface area (Å²) in [6.07, 6.45) is 2.06. The van der Waals surface area contributed by atoms with Crippen molar-refractivity contribution in [2.45, 2.75) is 43.5 Å². The Hall–Kier alpha value is -1.44. The highest BCUT2D eigenvalue weighted by molar-refractivity contribution is 7.89. The van der Waals surface area contributed by atoms with Gasteiger partial charge in [0.1, 0.15) is 0 Å². The molecular weight excluding hydrogens is 326 g/mol. The normalized spacial score (nSPS) is 19.5. The van der Waals surface area contributed by atoms with Crippen molar-refractivity contribution in [3.8, 4) is 0 Å². The van der Waals surface area contributed by atoms with E-state index in [-0.39, 0.29) is 5.91 Å². The van der Waals surface area contributed by atoms with Crippen molar-refractivity contribution in [3.63, 3.8) is 0 Å². The van der Waals surface area contributed by atoms with Gasteiger partial charge in [-0.1, -0.05) is 31.5 Å². The minimum Gasteiger partial charge on any atom is -0.340 e. The van der Waals surface area contributed by atoms with Gasteiger partial charge in [-0.25, -0.2) is 8.42 Å². The lowest BCUT2D eigenvalue weighted by molar-refractivity contribution is -0.136. The molecule has 1 aliphatic heterocycles. The molecule has 1 aliphatic rings. The smallest absolute Gasteiger partial charge is 0.243 e. The Morgan fingerprint density at radius 2 is 1.83 bits per heavy atom. The van der Waals surface area contributed by atoms with E-state index in [2.05, 4.69) is 0 Å². The van der Waals surface area contributed by atoms with Crippen molar-refractivity contribution in [2.75, 3.05) is 26.2 Å². The Kier molecular flexibility index (Phi) is 6.01. The van der Waals surface area contributed by atoms with Crippen LogP contribution in [-0.4, -0.2) is 55.2 Å². The van der Waals surface area contributed by atoms with Crippen molar-refractivity contribution in [1.82, 2.24) is 9.21 Å². The van der Waals surface area contributed by atoms with Gasteiger partial charge in [-0.2, -0.15) is 4.31 Å². The third-order valence-electron chi connectivity index (χ3n) is 4.38. The molecule has 7 heteroatoms. The zero-order chi connectivity index (χ0) is 17.8. The van der Waals surface area contributed by atoms with Crippen LogP contribution in [0.1, 0.15) is 33.1 Å². The summed E-state index contributed by atoms with van der Waals surface area (Å²) in [4.78, 5) is 14.6. The maximum absolute atomic E-state index is 12.7. The summed E-state index contributed by atoms with van der Waals surface area (Å²) in [6.45, 7) is 5.37. The van der Waals surface area contributed by atoms with Crippen LogP contribution in [0.3, 0.4) is 0 Å². The SMILES string of the molecule is CCCC(C)(N)C(=O)N1CCCN(S(=O)(=O)c2ccccc2)CC1. The second-order valence-electron chi connectivity index (χ2n) is 6.53. The van der Waals surface area contributed by atoms with Gasteiger partial charge in [0.15, 0.2) is 0 Å². The molecule has 1 aromatic carbocycles. The molecule has 1 atom stereocenters. The average molecular weight is 353 g/mol. The molecule has 1 heterocycles. The summed E-state index contributed by atoms with van der Waals surface area (Å²) in [6, 6.07) is 8.41. The molecule has 0 bridgehead atoms. The Morgan fingerprint density at radius 3 is 2.46 bits per heavy atom. The van der Waals surface area contributed by atoms with Crippen LogP contribution in [0, 0.1) is 0 Å². The first-order chi connectivity index (χ1) is 11.3. The van der Waals surface area contributed by atoms with Gasteiger partial charge >= 0.3 is 0 Å². The number of carbonyl (C=O) groups excluding carboxylic acids is 1. The van der Waals surface area contributed by atoms with Gasteiger partial charge in [0.25, 0.3) is 0 Å². The highest BCUT2D eigenvalue weighted by Crippen LogP contribution is 2.19. The van der Waals surface area contributed by atoms with Crippen molar-refractivity contribution in [3.05, 3.63) is 30.3 Å². The van der Waals surface area contributed by atoms with E-state index < -0.39 is 15.6 Å². The van der Waals surface area contributed by atoms with Gasteiger partial charge in [-0.15, -0.1) is 0 Å². The summed E-state index contributed by atoms with van der Waals surface area (Å²) in [5.41, 5.74) is 5.25. The summed E-state index contributed by atoms with van der Waals surface area (Å²) >= 11 is 0. The molecule has 0 aliphatic carbocycles. The fraction of sp³-hybridized carbons (Fsp3) is 0.588. The molecule has 1 saturated heterocycles. The van der Waals surface area contributed by atoms with Crippen LogP contribution in [0.5, 0.6) is 0 Å². The lowest BCUT2D eigenvalue weighted by Gasteiger charge is -2.31. The Balaban J connectivity index is 2.09. The maximum Gasteiger partial charge on any atom is 0.243 e. The van der Waals surface area contributed by atoms with Crippen molar-refractivity contribution >= 4 is 15.9 Å². The Labute approximate surface area is 144 Å². The molecule has 134 valence electrons. The van der Waals surface area contributed by atoms with E-state index in [1.165, 1.54) is 4.31 Å². The number of rotatable bonds is 5. The summed E-state index contributed by atoms with van der Waals surface area (Å²) < 4.78 is 26.9. The predicted octanol–water partition coefficient (Wildman–Crippen LogP) is 1.43. The molecule has 0 aromatic heterocycles. The fourth-order valence-electron chi connectivity index (χ4n) is 3.07. The van der Waals surface area contributed by atoms with Gasteiger partial charge in [0.05, 0.1) is 10.4 Å². The van der Waals surface area contributed by atoms with E-state index >= 15 is 0 Å². The van der Waals surface area contributed by atoms with E-state index in [9.17, 15) is 13.2 Å². The number of nitrogens with two attached hydrogens (primary N) is 1. The Morgan fingerprint density at radius 1 is 1.17 bits per heavy atom. The van der Waals surface area contributed by atoms with Gasteiger partial charge in [0.2, 0.25) is 15.9 Å². The minimum atomic E-state index is -3.52. The summed E-state index contributed by atoms with van der Waals surface area (Å²) in [5.74, 6) is -0.0942. The zero-order valence-electron chi connectivity index (χ0n) is 14.4. The molecule has 2 N–H and O–H groups in total.